The van der Waals surface area contributed by atoms with Crippen LogP contribution in [0.4, 0.5) is 0 Å². The zero-order valence-corrected chi connectivity index (χ0v) is 18.7. The molecule has 0 bridgehead atoms. The SMILES string of the molecule is C=C/C(Cl)=C(\NC)c1cc(C)nc2c(OC/C=C(Cl)/C=N\C=C(/C)Cl)cccc12. The summed E-state index contributed by atoms with van der Waals surface area (Å²) < 4.78 is 5.91. The molecule has 29 heavy (non-hydrogen) atoms. The lowest BCUT2D eigenvalue weighted by Gasteiger charge is -2.15. The number of aromatic nitrogens is 1. The van der Waals surface area contributed by atoms with E-state index in [4.69, 9.17) is 39.5 Å². The van der Waals surface area contributed by atoms with Gasteiger partial charge in [-0.15, -0.1) is 0 Å². The summed E-state index contributed by atoms with van der Waals surface area (Å²) in [6, 6.07) is 7.73. The van der Waals surface area contributed by atoms with Crippen LogP contribution in [-0.4, -0.2) is 24.9 Å². The number of hydrogen-bond acceptors (Lipinski definition) is 4. The zero-order chi connectivity index (χ0) is 21.4. The molecule has 0 saturated heterocycles. The number of halogens is 3. The van der Waals surface area contributed by atoms with Gasteiger partial charge in [0, 0.05) is 41.1 Å². The molecule has 0 aliphatic rings. The molecular formula is C22H22Cl3N3O. The van der Waals surface area contributed by atoms with Crippen LogP contribution in [0.1, 0.15) is 18.2 Å². The van der Waals surface area contributed by atoms with E-state index in [1.54, 1.807) is 19.1 Å². The summed E-state index contributed by atoms with van der Waals surface area (Å²) in [5.74, 6) is 0.645. The number of pyridine rings is 1. The van der Waals surface area contributed by atoms with E-state index in [9.17, 15) is 0 Å². The first kappa shape index (κ1) is 23.0. The highest BCUT2D eigenvalue weighted by Crippen LogP contribution is 2.32. The van der Waals surface area contributed by atoms with E-state index < -0.39 is 0 Å². The van der Waals surface area contributed by atoms with Gasteiger partial charge in [0.05, 0.1) is 15.8 Å². The summed E-state index contributed by atoms with van der Waals surface area (Å²) in [5, 5.41) is 5.61. The second-order valence-electron chi connectivity index (χ2n) is 6.03. The third-order valence-corrected chi connectivity index (χ3v) is 4.53. The van der Waals surface area contributed by atoms with Crippen LogP contribution in [0, 0.1) is 6.92 Å². The van der Waals surface area contributed by atoms with Gasteiger partial charge >= 0.3 is 0 Å². The third-order valence-electron chi connectivity index (χ3n) is 3.84. The number of rotatable bonds is 8. The first-order valence-corrected chi connectivity index (χ1v) is 9.95. The van der Waals surface area contributed by atoms with E-state index in [1.807, 2.05) is 38.2 Å². The van der Waals surface area contributed by atoms with Crippen molar-refractivity contribution in [3.8, 4) is 5.75 Å². The Morgan fingerprint density at radius 3 is 2.72 bits per heavy atom. The minimum atomic E-state index is 0.265. The first-order chi connectivity index (χ1) is 13.9. The van der Waals surface area contributed by atoms with Crippen LogP contribution in [0.25, 0.3) is 16.6 Å². The lowest BCUT2D eigenvalue weighted by atomic mass is 10.0. The summed E-state index contributed by atoms with van der Waals surface area (Å²) in [5.41, 5.74) is 3.28. The molecule has 0 fully saturated rings. The number of benzene rings is 1. The number of aliphatic imine (C=N–C) groups is 1. The molecule has 0 atom stereocenters. The molecule has 0 aliphatic carbocycles. The Morgan fingerprint density at radius 1 is 1.31 bits per heavy atom. The van der Waals surface area contributed by atoms with Crippen molar-refractivity contribution >= 4 is 57.6 Å². The molecule has 152 valence electrons. The third kappa shape index (κ3) is 6.36. The highest BCUT2D eigenvalue weighted by molar-refractivity contribution is 6.39. The summed E-state index contributed by atoms with van der Waals surface area (Å²) in [6.45, 7) is 7.68. The van der Waals surface area contributed by atoms with Crippen LogP contribution in [0.3, 0.4) is 0 Å². The summed E-state index contributed by atoms with van der Waals surface area (Å²) >= 11 is 18.2. The molecule has 0 amide bonds. The van der Waals surface area contributed by atoms with Crippen molar-refractivity contribution in [3.63, 3.8) is 0 Å². The average Bonchev–Trinajstić information content (AvgIpc) is 2.68. The van der Waals surface area contributed by atoms with E-state index in [0.717, 1.165) is 27.9 Å². The normalized spacial score (nSPS) is 13.6. The van der Waals surface area contributed by atoms with Crippen molar-refractivity contribution in [2.75, 3.05) is 13.7 Å². The van der Waals surface area contributed by atoms with Crippen molar-refractivity contribution in [2.24, 2.45) is 4.99 Å². The molecule has 1 heterocycles. The maximum absolute atomic E-state index is 6.34. The van der Waals surface area contributed by atoms with Gasteiger partial charge in [-0.05, 0) is 38.1 Å². The molecule has 1 N–H and O–H groups in total. The number of hydrogen-bond donors (Lipinski definition) is 1. The van der Waals surface area contributed by atoms with Crippen molar-refractivity contribution < 1.29 is 4.74 Å². The lowest BCUT2D eigenvalue weighted by Crippen LogP contribution is -2.08. The molecule has 1 aromatic heterocycles. The lowest BCUT2D eigenvalue weighted by molar-refractivity contribution is 0.366. The van der Waals surface area contributed by atoms with Gasteiger partial charge in [0.15, 0.2) is 0 Å². The average molecular weight is 451 g/mol. The van der Waals surface area contributed by atoms with Crippen LogP contribution < -0.4 is 10.1 Å². The minimum absolute atomic E-state index is 0.265. The number of aryl methyl sites for hydroxylation is 1. The standard InChI is InChI=1S/C22H22Cl3N3O/c1-5-19(25)21(26-4)18-11-15(3)28-22-17(18)7-6-8-20(22)29-10-9-16(24)13-27-12-14(2)23/h5-9,11-13,26H,1,10H2,2-4H3/b14-12+,16-9-,21-19+,27-13-. The van der Waals surface area contributed by atoms with Gasteiger partial charge in [0.1, 0.15) is 17.9 Å². The van der Waals surface area contributed by atoms with Crippen LogP contribution in [0.15, 0.2) is 69.3 Å². The van der Waals surface area contributed by atoms with Gasteiger partial charge in [0.2, 0.25) is 0 Å². The number of nitrogens with zero attached hydrogens (tertiary/aromatic N) is 2. The smallest absolute Gasteiger partial charge is 0.146 e. The Balaban J connectivity index is 2.38. The van der Waals surface area contributed by atoms with Crippen LogP contribution in [-0.2, 0) is 0 Å². The molecule has 7 heteroatoms. The molecule has 2 aromatic rings. The number of allylic oxidation sites excluding steroid dienone is 4. The van der Waals surface area contributed by atoms with Crippen molar-refractivity contribution in [1.82, 2.24) is 10.3 Å². The molecule has 0 saturated carbocycles. The Labute approximate surface area is 186 Å². The van der Waals surface area contributed by atoms with Crippen LogP contribution in [0.5, 0.6) is 5.75 Å². The highest BCUT2D eigenvalue weighted by atomic mass is 35.5. The molecule has 2 rings (SSSR count). The fourth-order valence-electron chi connectivity index (χ4n) is 2.63. The molecule has 0 aliphatic heterocycles. The fourth-order valence-corrected chi connectivity index (χ4v) is 3.01. The predicted molar refractivity (Wildman–Crippen MR) is 126 cm³/mol. The molecule has 0 spiro atoms. The van der Waals surface area contributed by atoms with E-state index in [2.05, 4.69) is 21.9 Å². The number of para-hydroxylation sites is 1. The van der Waals surface area contributed by atoms with E-state index in [1.165, 1.54) is 12.4 Å². The zero-order valence-electron chi connectivity index (χ0n) is 16.5. The molecular weight excluding hydrogens is 429 g/mol. The molecule has 1 aromatic carbocycles. The van der Waals surface area contributed by atoms with Crippen molar-refractivity contribution in [1.29, 1.82) is 0 Å². The summed E-state index contributed by atoms with van der Waals surface area (Å²) in [4.78, 5) is 8.66. The van der Waals surface area contributed by atoms with Crippen molar-refractivity contribution in [2.45, 2.75) is 13.8 Å². The number of ether oxygens (including phenoxy) is 1. The van der Waals surface area contributed by atoms with Gasteiger partial charge in [-0.3, -0.25) is 4.99 Å². The van der Waals surface area contributed by atoms with Gasteiger partial charge in [-0.25, -0.2) is 4.98 Å². The number of nitrogens with one attached hydrogen (secondary N) is 1. The van der Waals surface area contributed by atoms with Gasteiger partial charge < -0.3 is 10.1 Å². The van der Waals surface area contributed by atoms with Crippen LogP contribution >= 0.6 is 34.8 Å². The molecule has 4 nitrogen and oxygen atoms in total. The molecule has 0 unspecified atom stereocenters. The van der Waals surface area contributed by atoms with E-state index >= 15 is 0 Å². The Hall–Kier alpha value is -2.27. The topological polar surface area (TPSA) is 46.5 Å². The second-order valence-corrected chi connectivity index (χ2v) is 7.47. The Morgan fingerprint density at radius 2 is 2.07 bits per heavy atom. The van der Waals surface area contributed by atoms with E-state index in [-0.39, 0.29) is 6.61 Å². The predicted octanol–water partition coefficient (Wildman–Crippen LogP) is 6.53. The van der Waals surface area contributed by atoms with Gasteiger partial charge in [0.25, 0.3) is 0 Å². The minimum Gasteiger partial charge on any atom is -0.487 e. The maximum atomic E-state index is 6.34. The van der Waals surface area contributed by atoms with E-state index in [0.29, 0.717) is 20.8 Å². The quantitative estimate of drug-likeness (QED) is 0.367. The van der Waals surface area contributed by atoms with Gasteiger partial charge in [-0.2, -0.15) is 0 Å². The first-order valence-electron chi connectivity index (χ1n) is 8.82. The Kier molecular flexibility index (Phi) is 8.77. The largest absolute Gasteiger partial charge is 0.487 e. The fraction of sp³-hybridized carbons (Fsp3) is 0.182. The molecule has 0 radical (unpaired) electrons. The second kappa shape index (κ2) is 11.1. The van der Waals surface area contributed by atoms with Gasteiger partial charge in [-0.1, -0.05) is 53.5 Å². The monoisotopic (exact) mass is 449 g/mol. The highest BCUT2D eigenvalue weighted by Gasteiger charge is 2.13. The Bertz CT molecular complexity index is 1020. The van der Waals surface area contributed by atoms with Crippen molar-refractivity contribution in [3.05, 3.63) is 75.6 Å². The van der Waals surface area contributed by atoms with Crippen LogP contribution in [0.2, 0.25) is 0 Å². The summed E-state index contributed by atoms with van der Waals surface area (Å²) in [7, 11) is 1.82. The maximum Gasteiger partial charge on any atom is 0.146 e. The summed E-state index contributed by atoms with van der Waals surface area (Å²) in [6.07, 6.45) is 6.33. The number of fused-ring (bicyclic) bond motifs is 1.